The second-order valence-corrected chi connectivity index (χ2v) is 4.60. The van der Waals surface area contributed by atoms with E-state index in [1.807, 2.05) is 13.8 Å². The minimum Gasteiger partial charge on any atom is -0.491 e. The molecule has 0 aliphatic carbocycles. The zero-order valence-corrected chi connectivity index (χ0v) is 11.5. The van der Waals surface area contributed by atoms with Gasteiger partial charge in [-0.25, -0.2) is 0 Å². The Morgan fingerprint density at radius 3 is 2.42 bits per heavy atom. The molecule has 19 heavy (non-hydrogen) atoms. The lowest BCUT2D eigenvalue weighted by molar-refractivity contribution is -0.142. The Hall–Kier alpha value is -1.99. The number of aliphatic carboxylic acids is 1. The van der Waals surface area contributed by atoms with Crippen LogP contribution in [-0.2, 0) is 4.79 Å². The highest BCUT2D eigenvalue weighted by molar-refractivity contribution is 5.75. The fraction of sp³-hybridized carbons (Fsp3) is 0.400. The Morgan fingerprint density at radius 1 is 1.42 bits per heavy atom. The topological polar surface area (TPSA) is 49.8 Å². The maximum atomic E-state index is 11.3. The van der Waals surface area contributed by atoms with Gasteiger partial charge in [0.05, 0.1) is 12.6 Å². The lowest BCUT2D eigenvalue weighted by Gasteiger charge is -2.23. The first kappa shape index (κ1) is 15.1. The van der Waals surface area contributed by atoms with Gasteiger partial charge in [-0.2, -0.15) is 0 Å². The van der Waals surface area contributed by atoms with E-state index in [0.717, 1.165) is 5.75 Å². The van der Waals surface area contributed by atoms with E-state index in [1.165, 1.54) is 0 Å². The van der Waals surface area contributed by atoms with Crippen LogP contribution in [0.4, 0.5) is 0 Å². The number of nitrogens with zero attached hydrogens (tertiary/aromatic N) is 1. The number of hydrogen-bond donors (Lipinski definition) is 1. The van der Waals surface area contributed by atoms with Crippen molar-refractivity contribution >= 4 is 5.97 Å². The van der Waals surface area contributed by atoms with Gasteiger partial charge in [-0.05, 0) is 38.6 Å². The third-order valence-electron chi connectivity index (χ3n) is 2.58. The zero-order chi connectivity index (χ0) is 14.4. The quantitative estimate of drug-likeness (QED) is 0.797. The summed E-state index contributed by atoms with van der Waals surface area (Å²) >= 11 is 0. The van der Waals surface area contributed by atoms with Crippen LogP contribution in [0.2, 0.25) is 0 Å². The van der Waals surface area contributed by atoms with E-state index >= 15 is 0 Å². The van der Waals surface area contributed by atoms with Crippen molar-refractivity contribution < 1.29 is 14.6 Å². The van der Waals surface area contributed by atoms with E-state index < -0.39 is 12.0 Å². The fourth-order valence-corrected chi connectivity index (χ4v) is 1.82. The standard InChI is InChI=1S/C15H19NO3/c1-5-10-16(4)14(15(17)18)12-6-8-13(9-7-12)19-11(2)3/h1,6-9,11,14H,10H2,2-4H3,(H,17,18)/t14-/m0/s1. The first-order chi connectivity index (χ1) is 8.95. The van der Waals surface area contributed by atoms with Gasteiger partial charge in [-0.3, -0.25) is 9.69 Å². The normalized spacial score (nSPS) is 12.2. The van der Waals surface area contributed by atoms with Gasteiger partial charge in [0.2, 0.25) is 0 Å². The number of carboxylic acids is 1. The van der Waals surface area contributed by atoms with Gasteiger partial charge in [0, 0.05) is 0 Å². The van der Waals surface area contributed by atoms with Crippen molar-refractivity contribution in [2.45, 2.75) is 26.0 Å². The van der Waals surface area contributed by atoms with Gasteiger partial charge in [-0.15, -0.1) is 6.42 Å². The van der Waals surface area contributed by atoms with Crippen LogP contribution in [0.25, 0.3) is 0 Å². The van der Waals surface area contributed by atoms with Gasteiger partial charge in [0.15, 0.2) is 0 Å². The predicted molar refractivity (Wildman–Crippen MR) is 74.0 cm³/mol. The molecule has 0 aromatic heterocycles. The monoisotopic (exact) mass is 261 g/mol. The zero-order valence-electron chi connectivity index (χ0n) is 11.5. The van der Waals surface area contributed by atoms with Crippen molar-refractivity contribution in [3.8, 4) is 18.1 Å². The minimum atomic E-state index is -0.921. The van der Waals surface area contributed by atoms with E-state index in [2.05, 4.69) is 5.92 Å². The van der Waals surface area contributed by atoms with Crippen LogP contribution in [0.3, 0.4) is 0 Å². The third kappa shape index (κ3) is 4.31. The molecule has 0 fully saturated rings. The highest BCUT2D eigenvalue weighted by atomic mass is 16.5. The van der Waals surface area contributed by atoms with Crippen molar-refractivity contribution in [3.05, 3.63) is 29.8 Å². The summed E-state index contributed by atoms with van der Waals surface area (Å²) in [7, 11) is 1.69. The van der Waals surface area contributed by atoms with Crippen molar-refractivity contribution in [1.82, 2.24) is 4.90 Å². The summed E-state index contributed by atoms with van der Waals surface area (Å²) in [4.78, 5) is 12.9. The van der Waals surface area contributed by atoms with Crippen molar-refractivity contribution in [2.75, 3.05) is 13.6 Å². The summed E-state index contributed by atoms with van der Waals surface area (Å²) in [5.74, 6) is 2.25. The molecular weight excluding hydrogens is 242 g/mol. The highest BCUT2D eigenvalue weighted by Crippen LogP contribution is 2.22. The Labute approximate surface area is 114 Å². The average molecular weight is 261 g/mol. The molecule has 0 aliphatic heterocycles. The lowest BCUT2D eigenvalue weighted by Crippen LogP contribution is -2.31. The number of terminal acetylenes is 1. The number of benzene rings is 1. The van der Waals surface area contributed by atoms with Crippen LogP contribution >= 0.6 is 0 Å². The summed E-state index contributed by atoms with van der Waals surface area (Å²) in [6, 6.07) is 6.31. The average Bonchev–Trinajstić information content (AvgIpc) is 2.31. The smallest absolute Gasteiger partial charge is 0.325 e. The van der Waals surface area contributed by atoms with Crippen LogP contribution in [0, 0.1) is 12.3 Å². The summed E-state index contributed by atoms with van der Waals surface area (Å²) in [5, 5.41) is 9.30. The largest absolute Gasteiger partial charge is 0.491 e. The molecule has 0 aliphatic rings. The Kier molecular flexibility index (Phi) is 5.40. The maximum Gasteiger partial charge on any atom is 0.325 e. The molecule has 0 saturated heterocycles. The maximum absolute atomic E-state index is 11.3. The van der Waals surface area contributed by atoms with Crippen LogP contribution in [-0.4, -0.2) is 35.7 Å². The molecule has 1 aromatic rings. The summed E-state index contributed by atoms with van der Waals surface area (Å²) in [5.41, 5.74) is 0.682. The molecule has 0 saturated carbocycles. The number of ether oxygens (including phenoxy) is 1. The Balaban J connectivity index is 2.92. The molecule has 1 atom stereocenters. The molecular formula is C15H19NO3. The first-order valence-electron chi connectivity index (χ1n) is 6.08. The van der Waals surface area contributed by atoms with Crippen molar-refractivity contribution in [1.29, 1.82) is 0 Å². The molecule has 0 bridgehead atoms. The second-order valence-electron chi connectivity index (χ2n) is 4.60. The van der Waals surface area contributed by atoms with Crippen molar-refractivity contribution in [3.63, 3.8) is 0 Å². The Morgan fingerprint density at radius 2 is 2.00 bits per heavy atom. The summed E-state index contributed by atoms with van der Waals surface area (Å²) < 4.78 is 5.52. The fourth-order valence-electron chi connectivity index (χ4n) is 1.82. The number of carboxylic acid groups (broad SMARTS) is 1. The van der Waals surface area contributed by atoms with E-state index in [4.69, 9.17) is 11.2 Å². The molecule has 0 spiro atoms. The molecule has 0 radical (unpaired) electrons. The van der Waals surface area contributed by atoms with Crippen LogP contribution in [0.15, 0.2) is 24.3 Å². The van der Waals surface area contributed by atoms with Crippen LogP contribution in [0.1, 0.15) is 25.5 Å². The SMILES string of the molecule is C#CCN(C)[C@H](C(=O)O)c1ccc(OC(C)C)cc1. The number of likely N-dealkylation sites (N-methyl/N-ethyl adjacent to an activating group) is 1. The Bertz CT molecular complexity index is 459. The van der Waals surface area contributed by atoms with E-state index in [9.17, 15) is 9.90 Å². The van der Waals surface area contributed by atoms with Gasteiger partial charge < -0.3 is 9.84 Å². The van der Waals surface area contributed by atoms with E-state index in [-0.39, 0.29) is 12.6 Å². The molecule has 1 N–H and O–H groups in total. The second kappa shape index (κ2) is 6.81. The van der Waals surface area contributed by atoms with E-state index in [1.54, 1.807) is 36.2 Å². The summed E-state index contributed by atoms with van der Waals surface area (Å²) in [6.07, 6.45) is 5.31. The van der Waals surface area contributed by atoms with Crippen LogP contribution in [0.5, 0.6) is 5.75 Å². The van der Waals surface area contributed by atoms with Gasteiger partial charge in [0.1, 0.15) is 11.8 Å². The predicted octanol–water partition coefficient (Wildman–Crippen LogP) is 2.16. The number of hydrogen-bond acceptors (Lipinski definition) is 3. The molecule has 4 heteroatoms. The molecule has 4 nitrogen and oxygen atoms in total. The first-order valence-corrected chi connectivity index (χ1v) is 6.08. The third-order valence-corrected chi connectivity index (χ3v) is 2.58. The van der Waals surface area contributed by atoms with Gasteiger partial charge in [0.25, 0.3) is 0 Å². The van der Waals surface area contributed by atoms with Gasteiger partial charge in [-0.1, -0.05) is 18.1 Å². The summed E-state index contributed by atoms with van der Waals surface area (Å²) in [6.45, 7) is 4.16. The molecule has 102 valence electrons. The molecule has 0 heterocycles. The number of rotatable bonds is 6. The number of carbonyl (C=O) groups is 1. The highest BCUT2D eigenvalue weighted by Gasteiger charge is 2.24. The van der Waals surface area contributed by atoms with Crippen molar-refractivity contribution in [2.24, 2.45) is 0 Å². The molecule has 0 unspecified atom stereocenters. The minimum absolute atomic E-state index is 0.0882. The molecule has 1 aromatic carbocycles. The molecule has 1 rings (SSSR count). The van der Waals surface area contributed by atoms with Crippen LogP contribution < -0.4 is 4.74 Å². The lowest BCUT2D eigenvalue weighted by atomic mass is 10.1. The van der Waals surface area contributed by atoms with Gasteiger partial charge >= 0.3 is 5.97 Å². The molecule has 0 amide bonds. The van der Waals surface area contributed by atoms with E-state index in [0.29, 0.717) is 5.56 Å².